The third-order valence-electron chi connectivity index (χ3n) is 2.35. The Morgan fingerprint density at radius 3 is 3.12 bits per heavy atom. The molecule has 2 aromatic rings. The highest BCUT2D eigenvalue weighted by Gasteiger charge is 2.08. The molecule has 0 aliphatic carbocycles. The normalized spacial score (nSPS) is 10.9. The van der Waals surface area contributed by atoms with E-state index in [2.05, 4.69) is 34.0 Å². The Bertz CT molecular complexity index is 446. The van der Waals surface area contributed by atoms with Crippen molar-refractivity contribution in [3.63, 3.8) is 0 Å². The number of rotatable bonds is 5. The average molecular weight is 236 g/mol. The van der Waals surface area contributed by atoms with Gasteiger partial charge in [0.15, 0.2) is 0 Å². The molecule has 0 atom stereocenters. The van der Waals surface area contributed by atoms with E-state index in [9.17, 15) is 0 Å². The van der Waals surface area contributed by atoms with Gasteiger partial charge in [0.05, 0.1) is 11.9 Å². The smallest absolute Gasteiger partial charge is 0.0893 e. The highest BCUT2D eigenvalue weighted by molar-refractivity contribution is 7.10. The number of hydrogen-bond donors (Lipinski definition) is 1. The fourth-order valence-electron chi connectivity index (χ4n) is 1.64. The Kier molecular flexibility index (Phi) is 3.69. The van der Waals surface area contributed by atoms with Gasteiger partial charge in [-0.3, -0.25) is 0 Å². The van der Waals surface area contributed by atoms with Crippen molar-refractivity contribution in [3.8, 4) is 11.3 Å². The zero-order valence-electron chi connectivity index (χ0n) is 9.60. The zero-order chi connectivity index (χ0) is 11.4. The van der Waals surface area contributed by atoms with E-state index in [0.29, 0.717) is 0 Å². The first-order chi connectivity index (χ1) is 7.85. The molecule has 16 heavy (non-hydrogen) atoms. The Labute approximate surface area is 99.3 Å². The van der Waals surface area contributed by atoms with Gasteiger partial charge in [-0.15, -0.1) is 16.4 Å². The molecule has 0 radical (unpaired) electrons. The lowest BCUT2D eigenvalue weighted by molar-refractivity contribution is 0.584. The molecule has 0 aromatic carbocycles. The quantitative estimate of drug-likeness (QED) is 0.865. The second kappa shape index (κ2) is 5.23. The molecule has 2 heterocycles. The molecular weight excluding hydrogens is 220 g/mol. The van der Waals surface area contributed by atoms with Crippen LogP contribution in [0.2, 0.25) is 0 Å². The van der Waals surface area contributed by atoms with E-state index >= 15 is 0 Å². The molecule has 2 rings (SSSR count). The monoisotopic (exact) mass is 236 g/mol. The summed E-state index contributed by atoms with van der Waals surface area (Å²) in [5.74, 6) is 0. The van der Waals surface area contributed by atoms with Crippen LogP contribution in [0.25, 0.3) is 11.3 Å². The van der Waals surface area contributed by atoms with E-state index in [1.807, 2.05) is 17.9 Å². The van der Waals surface area contributed by atoms with Crippen LogP contribution in [0, 0.1) is 0 Å². The van der Waals surface area contributed by atoms with Gasteiger partial charge in [0.25, 0.3) is 0 Å². The highest BCUT2D eigenvalue weighted by Crippen LogP contribution is 2.24. The van der Waals surface area contributed by atoms with Gasteiger partial charge in [-0.25, -0.2) is 4.68 Å². The summed E-state index contributed by atoms with van der Waals surface area (Å²) in [7, 11) is 1.96. The molecule has 0 bridgehead atoms. The molecular formula is C11H16N4S. The van der Waals surface area contributed by atoms with E-state index in [-0.39, 0.29) is 0 Å². The molecule has 0 aliphatic rings. The Morgan fingerprint density at radius 1 is 1.50 bits per heavy atom. The molecule has 0 saturated carbocycles. The SMILES string of the molecule is CCCn1nncc1-c1csc(CNC)c1. The van der Waals surface area contributed by atoms with Crippen molar-refractivity contribution in [2.24, 2.45) is 0 Å². The van der Waals surface area contributed by atoms with E-state index in [1.54, 1.807) is 11.3 Å². The van der Waals surface area contributed by atoms with Crippen LogP contribution in [0.4, 0.5) is 0 Å². The lowest BCUT2D eigenvalue weighted by atomic mass is 10.2. The number of nitrogens with one attached hydrogen (secondary N) is 1. The Hall–Kier alpha value is -1.20. The Morgan fingerprint density at radius 2 is 2.38 bits per heavy atom. The summed E-state index contributed by atoms with van der Waals surface area (Å²) in [5.41, 5.74) is 2.33. The first-order valence-electron chi connectivity index (χ1n) is 5.46. The number of thiophene rings is 1. The fraction of sp³-hybridized carbons (Fsp3) is 0.455. The van der Waals surface area contributed by atoms with Crippen molar-refractivity contribution in [1.82, 2.24) is 20.3 Å². The van der Waals surface area contributed by atoms with Gasteiger partial charge in [0, 0.05) is 28.9 Å². The van der Waals surface area contributed by atoms with Gasteiger partial charge in [0.2, 0.25) is 0 Å². The summed E-state index contributed by atoms with van der Waals surface area (Å²) < 4.78 is 1.96. The van der Waals surface area contributed by atoms with E-state index < -0.39 is 0 Å². The summed E-state index contributed by atoms with van der Waals surface area (Å²) in [6.07, 6.45) is 2.91. The maximum absolute atomic E-state index is 4.09. The number of aryl methyl sites for hydroxylation is 1. The minimum absolute atomic E-state index is 0.917. The molecule has 0 saturated heterocycles. The summed E-state index contributed by atoms with van der Waals surface area (Å²) in [5, 5.41) is 13.4. The van der Waals surface area contributed by atoms with Crippen LogP contribution < -0.4 is 5.32 Å². The van der Waals surface area contributed by atoms with Gasteiger partial charge in [-0.2, -0.15) is 0 Å². The van der Waals surface area contributed by atoms with E-state index in [0.717, 1.165) is 25.2 Å². The number of aromatic nitrogens is 3. The Balaban J connectivity index is 2.24. The van der Waals surface area contributed by atoms with E-state index in [4.69, 9.17) is 0 Å². The van der Waals surface area contributed by atoms with Crippen molar-refractivity contribution in [1.29, 1.82) is 0 Å². The third kappa shape index (κ3) is 2.31. The predicted molar refractivity (Wildman–Crippen MR) is 66.4 cm³/mol. The number of hydrogen-bond acceptors (Lipinski definition) is 4. The molecule has 0 amide bonds. The highest BCUT2D eigenvalue weighted by atomic mass is 32.1. The third-order valence-corrected chi connectivity index (χ3v) is 3.29. The summed E-state index contributed by atoms with van der Waals surface area (Å²) in [6.45, 7) is 3.98. The summed E-state index contributed by atoms with van der Waals surface area (Å²) in [6, 6.07) is 2.20. The summed E-state index contributed by atoms with van der Waals surface area (Å²) in [4.78, 5) is 1.33. The maximum atomic E-state index is 4.09. The second-order valence-electron chi connectivity index (χ2n) is 3.67. The maximum Gasteiger partial charge on any atom is 0.0893 e. The topological polar surface area (TPSA) is 42.7 Å². The largest absolute Gasteiger partial charge is 0.315 e. The molecule has 0 spiro atoms. The van der Waals surface area contributed by atoms with Gasteiger partial charge < -0.3 is 5.32 Å². The second-order valence-corrected chi connectivity index (χ2v) is 4.67. The van der Waals surface area contributed by atoms with Crippen LogP contribution in [-0.4, -0.2) is 22.0 Å². The fourth-order valence-corrected chi connectivity index (χ4v) is 2.53. The average Bonchev–Trinajstić information content (AvgIpc) is 2.87. The minimum atomic E-state index is 0.917. The zero-order valence-corrected chi connectivity index (χ0v) is 10.4. The van der Waals surface area contributed by atoms with Gasteiger partial charge in [-0.1, -0.05) is 12.1 Å². The standard InChI is InChI=1S/C11H16N4S/c1-3-4-15-11(7-13-14-15)9-5-10(6-12-2)16-8-9/h5,7-8,12H,3-4,6H2,1-2H3. The first kappa shape index (κ1) is 11.3. The molecule has 2 aromatic heterocycles. The molecule has 5 heteroatoms. The first-order valence-corrected chi connectivity index (χ1v) is 6.34. The molecule has 86 valence electrons. The minimum Gasteiger partial charge on any atom is -0.315 e. The molecule has 0 aliphatic heterocycles. The van der Waals surface area contributed by atoms with Crippen LogP contribution in [0.5, 0.6) is 0 Å². The van der Waals surface area contributed by atoms with Crippen molar-refractivity contribution >= 4 is 11.3 Å². The van der Waals surface area contributed by atoms with E-state index in [1.165, 1.54) is 10.4 Å². The van der Waals surface area contributed by atoms with Crippen LogP contribution in [0.3, 0.4) is 0 Å². The molecule has 4 nitrogen and oxygen atoms in total. The van der Waals surface area contributed by atoms with Crippen molar-refractivity contribution in [2.75, 3.05) is 7.05 Å². The van der Waals surface area contributed by atoms with Crippen LogP contribution in [0.1, 0.15) is 18.2 Å². The lowest BCUT2D eigenvalue weighted by Crippen LogP contribution is -2.03. The predicted octanol–water partition coefficient (Wildman–Crippen LogP) is 2.14. The van der Waals surface area contributed by atoms with Crippen LogP contribution in [0.15, 0.2) is 17.6 Å². The number of nitrogens with zero attached hydrogens (tertiary/aromatic N) is 3. The molecule has 0 unspecified atom stereocenters. The lowest BCUT2D eigenvalue weighted by Gasteiger charge is -2.01. The van der Waals surface area contributed by atoms with Gasteiger partial charge in [0.1, 0.15) is 0 Å². The van der Waals surface area contributed by atoms with Gasteiger partial charge in [-0.05, 0) is 19.5 Å². The van der Waals surface area contributed by atoms with Crippen molar-refractivity contribution in [2.45, 2.75) is 26.4 Å². The molecule has 0 fully saturated rings. The van der Waals surface area contributed by atoms with Crippen molar-refractivity contribution in [3.05, 3.63) is 22.5 Å². The van der Waals surface area contributed by atoms with Crippen LogP contribution in [-0.2, 0) is 13.1 Å². The van der Waals surface area contributed by atoms with Crippen molar-refractivity contribution < 1.29 is 0 Å². The van der Waals surface area contributed by atoms with Crippen LogP contribution >= 0.6 is 11.3 Å². The molecule has 1 N–H and O–H groups in total. The summed E-state index contributed by atoms with van der Waals surface area (Å²) >= 11 is 1.77. The van der Waals surface area contributed by atoms with Gasteiger partial charge >= 0.3 is 0 Å².